The van der Waals surface area contributed by atoms with Crippen LogP contribution in [-0.2, 0) is 0 Å². The molecule has 6 nitrogen and oxygen atoms in total. The van der Waals surface area contributed by atoms with Crippen LogP contribution in [0.25, 0.3) is 10.8 Å². The Morgan fingerprint density at radius 2 is 1.92 bits per heavy atom. The highest BCUT2D eigenvalue weighted by Crippen LogP contribution is 2.32. The fraction of sp³-hybridized carbons (Fsp3) is 0.0667. The molecule has 3 aromatic rings. The first kappa shape index (κ1) is 17.9. The summed E-state index contributed by atoms with van der Waals surface area (Å²) in [6.07, 6.45) is 0.524. The van der Waals surface area contributed by atoms with Gasteiger partial charge in [-0.15, -0.1) is 16.4 Å². The van der Waals surface area contributed by atoms with E-state index in [0.29, 0.717) is 15.5 Å². The molecule has 0 saturated carbocycles. The van der Waals surface area contributed by atoms with Crippen molar-refractivity contribution in [1.29, 1.82) is 0 Å². The third kappa shape index (κ3) is 3.55. The molecule has 0 bridgehead atoms. The van der Waals surface area contributed by atoms with Gasteiger partial charge in [0.2, 0.25) is 0 Å². The second kappa shape index (κ2) is 7.13. The Morgan fingerprint density at radius 1 is 1.20 bits per heavy atom. The Morgan fingerprint density at radius 3 is 2.56 bits per heavy atom. The molecule has 2 heterocycles. The quantitative estimate of drug-likeness (QED) is 0.568. The molecule has 2 aromatic heterocycles. The van der Waals surface area contributed by atoms with Crippen molar-refractivity contribution in [3.8, 4) is 10.8 Å². The fourth-order valence-electron chi connectivity index (χ4n) is 1.99. The van der Waals surface area contributed by atoms with Crippen molar-refractivity contribution in [2.45, 2.75) is 0 Å². The molecule has 0 unspecified atom stereocenters. The van der Waals surface area contributed by atoms with Crippen LogP contribution < -0.4 is 4.90 Å². The van der Waals surface area contributed by atoms with Gasteiger partial charge in [-0.05, 0) is 24.3 Å². The van der Waals surface area contributed by atoms with Gasteiger partial charge in [-0.1, -0.05) is 39.9 Å². The molecule has 0 spiro atoms. The van der Waals surface area contributed by atoms with Crippen LogP contribution in [0.4, 0.5) is 6.01 Å². The lowest BCUT2D eigenvalue weighted by molar-refractivity contribution is 0.0981. The number of nitrogens with zero attached hydrogens (tertiary/aromatic N) is 3. The number of amides is 1. The van der Waals surface area contributed by atoms with E-state index in [1.165, 1.54) is 30.5 Å². The molecule has 0 radical (unpaired) electrons. The van der Waals surface area contributed by atoms with E-state index in [4.69, 9.17) is 39.2 Å². The third-order valence-corrected chi connectivity index (χ3v) is 5.18. The lowest BCUT2D eigenvalue weighted by Crippen LogP contribution is -2.27. The molecule has 0 aliphatic carbocycles. The Bertz CT molecular complexity index is 970. The van der Waals surface area contributed by atoms with Gasteiger partial charge in [-0.2, -0.15) is 0 Å². The van der Waals surface area contributed by atoms with Crippen LogP contribution in [0.3, 0.4) is 0 Å². The summed E-state index contributed by atoms with van der Waals surface area (Å²) in [5.74, 6) is -0.309. The first-order valence-electron chi connectivity index (χ1n) is 6.72. The molecule has 0 N–H and O–H groups in total. The van der Waals surface area contributed by atoms with E-state index in [0.717, 1.165) is 4.90 Å². The number of rotatable bonds is 4. The average molecular weight is 417 g/mol. The minimum atomic E-state index is -0.542. The van der Waals surface area contributed by atoms with Gasteiger partial charge in [0.15, 0.2) is 6.29 Å². The number of thiophene rings is 1. The van der Waals surface area contributed by atoms with Crippen LogP contribution in [0.1, 0.15) is 20.7 Å². The van der Waals surface area contributed by atoms with E-state index >= 15 is 0 Å². The number of aldehydes is 1. The van der Waals surface area contributed by atoms with E-state index in [2.05, 4.69) is 10.2 Å². The molecule has 0 atom stereocenters. The normalized spacial score (nSPS) is 10.7. The van der Waals surface area contributed by atoms with E-state index in [9.17, 15) is 9.59 Å². The molecule has 0 saturated heterocycles. The minimum Gasteiger partial charge on any atom is -0.402 e. The molecule has 1 aromatic carbocycles. The van der Waals surface area contributed by atoms with Crippen LogP contribution in [0.5, 0.6) is 0 Å². The lowest BCUT2D eigenvalue weighted by Gasteiger charge is -2.14. The predicted octanol–water partition coefficient (Wildman–Crippen LogP) is 4.85. The number of aromatic nitrogens is 2. The Labute approximate surface area is 160 Å². The third-order valence-electron chi connectivity index (χ3n) is 3.24. The fourth-order valence-corrected chi connectivity index (χ4v) is 3.29. The summed E-state index contributed by atoms with van der Waals surface area (Å²) < 4.78 is 6.08. The summed E-state index contributed by atoms with van der Waals surface area (Å²) in [5.41, 5.74) is 0.182. The Kier molecular flexibility index (Phi) is 5.10. The number of carbonyl (C=O) groups excluding carboxylic acids is 2. The van der Waals surface area contributed by atoms with Crippen molar-refractivity contribution in [3.05, 3.63) is 49.8 Å². The zero-order valence-corrected chi connectivity index (χ0v) is 15.6. The van der Waals surface area contributed by atoms with Gasteiger partial charge in [0.1, 0.15) is 0 Å². The number of benzene rings is 1. The Balaban J connectivity index is 1.92. The minimum absolute atomic E-state index is 0.0348. The van der Waals surface area contributed by atoms with Crippen LogP contribution >= 0.6 is 46.1 Å². The second-order valence-electron chi connectivity index (χ2n) is 4.83. The van der Waals surface area contributed by atoms with E-state index in [1.807, 2.05) is 0 Å². The number of hydrogen-bond donors (Lipinski definition) is 0. The number of anilines is 1. The van der Waals surface area contributed by atoms with Gasteiger partial charge in [-0.3, -0.25) is 14.5 Å². The zero-order chi connectivity index (χ0) is 18.1. The molecular weight excluding hydrogens is 409 g/mol. The number of hydrogen-bond acceptors (Lipinski definition) is 6. The van der Waals surface area contributed by atoms with Gasteiger partial charge >= 0.3 is 6.01 Å². The van der Waals surface area contributed by atoms with Crippen LogP contribution in [-0.4, -0.2) is 29.4 Å². The molecule has 1 amide bonds. The summed E-state index contributed by atoms with van der Waals surface area (Å²) >= 11 is 19.0. The maximum absolute atomic E-state index is 12.7. The van der Waals surface area contributed by atoms with Gasteiger partial charge in [-0.25, -0.2) is 0 Å². The summed E-state index contributed by atoms with van der Waals surface area (Å²) in [6.45, 7) is 0. The first-order valence-corrected chi connectivity index (χ1v) is 8.67. The molecule has 0 fully saturated rings. The lowest BCUT2D eigenvalue weighted by atomic mass is 10.1. The Hall–Kier alpha value is -1.93. The molecule has 128 valence electrons. The van der Waals surface area contributed by atoms with Crippen molar-refractivity contribution in [2.24, 2.45) is 0 Å². The van der Waals surface area contributed by atoms with Crippen molar-refractivity contribution >= 4 is 64.3 Å². The highest BCUT2D eigenvalue weighted by molar-refractivity contribution is 7.19. The molecule has 3 rings (SSSR count). The molecule has 0 aliphatic heterocycles. The van der Waals surface area contributed by atoms with E-state index < -0.39 is 5.91 Å². The van der Waals surface area contributed by atoms with Gasteiger partial charge in [0.05, 0.1) is 24.8 Å². The van der Waals surface area contributed by atoms with E-state index in [-0.39, 0.29) is 33.1 Å². The molecule has 0 aliphatic rings. The maximum Gasteiger partial charge on any atom is 0.325 e. The standard InChI is InChI=1S/C15H8Cl3N3O3S/c1-21(14(23)8-5-10(17)9(16)4-7(8)6-22)15-20-19-13(24-15)11-2-3-12(18)25-11/h2-6H,1H3. The summed E-state index contributed by atoms with van der Waals surface area (Å²) in [5, 5.41) is 8.08. The number of halogens is 3. The van der Waals surface area contributed by atoms with Gasteiger partial charge in [0, 0.05) is 12.6 Å². The smallest absolute Gasteiger partial charge is 0.325 e. The number of carbonyl (C=O) groups is 2. The summed E-state index contributed by atoms with van der Waals surface area (Å²) in [6, 6.07) is 6.04. The largest absolute Gasteiger partial charge is 0.402 e. The topological polar surface area (TPSA) is 76.3 Å². The zero-order valence-electron chi connectivity index (χ0n) is 12.5. The molecular formula is C15H8Cl3N3O3S. The average Bonchev–Trinajstić information content (AvgIpc) is 3.24. The first-order chi connectivity index (χ1) is 11.9. The van der Waals surface area contributed by atoms with Crippen molar-refractivity contribution < 1.29 is 14.0 Å². The SMILES string of the molecule is CN(C(=O)c1cc(Cl)c(Cl)cc1C=O)c1nnc(-c2ccc(Cl)s2)o1. The second-order valence-corrected chi connectivity index (χ2v) is 7.36. The van der Waals surface area contributed by atoms with Crippen molar-refractivity contribution in [1.82, 2.24) is 10.2 Å². The van der Waals surface area contributed by atoms with Crippen LogP contribution in [0.15, 0.2) is 28.7 Å². The van der Waals surface area contributed by atoms with Gasteiger partial charge in [0.25, 0.3) is 11.8 Å². The summed E-state index contributed by atoms with van der Waals surface area (Å²) in [7, 11) is 1.44. The highest BCUT2D eigenvalue weighted by atomic mass is 35.5. The monoisotopic (exact) mass is 415 g/mol. The van der Waals surface area contributed by atoms with Gasteiger partial charge < -0.3 is 4.42 Å². The summed E-state index contributed by atoms with van der Waals surface area (Å²) in [4.78, 5) is 25.7. The van der Waals surface area contributed by atoms with Crippen molar-refractivity contribution in [3.63, 3.8) is 0 Å². The van der Waals surface area contributed by atoms with Crippen LogP contribution in [0.2, 0.25) is 14.4 Å². The van der Waals surface area contributed by atoms with E-state index in [1.54, 1.807) is 12.1 Å². The maximum atomic E-state index is 12.7. The molecule has 10 heteroatoms. The molecule has 25 heavy (non-hydrogen) atoms. The predicted molar refractivity (Wildman–Crippen MR) is 97.2 cm³/mol. The van der Waals surface area contributed by atoms with Crippen molar-refractivity contribution in [2.75, 3.05) is 11.9 Å². The van der Waals surface area contributed by atoms with Crippen LogP contribution in [0, 0.1) is 0 Å². The highest BCUT2D eigenvalue weighted by Gasteiger charge is 2.23.